The number of esters is 1. The van der Waals surface area contributed by atoms with E-state index in [0.29, 0.717) is 0 Å². The van der Waals surface area contributed by atoms with E-state index in [1.807, 2.05) is 0 Å². The Bertz CT molecular complexity index is 417. The van der Waals surface area contributed by atoms with Crippen molar-refractivity contribution in [3.8, 4) is 0 Å². The van der Waals surface area contributed by atoms with Gasteiger partial charge in [0.05, 0.1) is 12.0 Å². The maximum absolute atomic E-state index is 13.2. The molecule has 0 bridgehead atoms. The van der Waals surface area contributed by atoms with E-state index in [2.05, 4.69) is 0 Å². The Hall–Kier alpha value is -1.49. The molecular formula is C13H17F2NO2. The summed E-state index contributed by atoms with van der Waals surface area (Å²) < 4.78 is 31.4. The van der Waals surface area contributed by atoms with E-state index >= 15 is 0 Å². The monoisotopic (exact) mass is 257 g/mol. The first-order valence-electron chi connectivity index (χ1n) is 5.78. The molecular weight excluding hydrogens is 240 g/mol. The maximum atomic E-state index is 13.2. The topological polar surface area (TPSA) is 52.3 Å². The third-order valence-corrected chi connectivity index (χ3v) is 2.87. The van der Waals surface area contributed by atoms with Crippen LogP contribution >= 0.6 is 0 Å². The van der Waals surface area contributed by atoms with E-state index in [9.17, 15) is 13.6 Å². The molecule has 1 aromatic carbocycles. The molecule has 1 atom stereocenters. The maximum Gasteiger partial charge on any atom is 0.316 e. The normalized spacial score (nSPS) is 14.1. The average Bonchev–Trinajstić information content (AvgIpc) is 2.28. The van der Waals surface area contributed by atoms with Crippen molar-refractivity contribution in [2.24, 2.45) is 5.73 Å². The van der Waals surface area contributed by atoms with Gasteiger partial charge in [0, 0.05) is 6.07 Å². The number of hydrogen-bond donors (Lipinski definition) is 1. The first kappa shape index (κ1) is 14.6. The van der Waals surface area contributed by atoms with Gasteiger partial charge in [-0.2, -0.15) is 0 Å². The number of halogens is 2. The van der Waals surface area contributed by atoms with Crippen LogP contribution in [0.1, 0.15) is 25.8 Å². The van der Waals surface area contributed by atoms with Crippen molar-refractivity contribution in [3.63, 3.8) is 0 Å². The van der Waals surface area contributed by atoms with Crippen molar-refractivity contribution in [1.29, 1.82) is 0 Å². The molecule has 3 nitrogen and oxygen atoms in total. The highest BCUT2D eigenvalue weighted by atomic mass is 19.1. The third kappa shape index (κ3) is 3.04. The first-order chi connectivity index (χ1) is 8.43. The van der Waals surface area contributed by atoms with Gasteiger partial charge in [-0.15, -0.1) is 0 Å². The summed E-state index contributed by atoms with van der Waals surface area (Å²) in [5.74, 6) is -1.98. The number of rotatable bonds is 5. The molecule has 0 aliphatic heterocycles. The van der Waals surface area contributed by atoms with Crippen molar-refractivity contribution in [2.75, 3.05) is 13.2 Å². The Morgan fingerprint density at radius 2 is 1.89 bits per heavy atom. The smallest absolute Gasteiger partial charge is 0.316 e. The summed E-state index contributed by atoms with van der Waals surface area (Å²) in [6.45, 7) is 3.67. The Morgan fingerprint density at radius 3 is 2.33 bits per heavy atom. The molecule has 0 amide bonds. The summed E-state index contributed by atoms with van der Waals surface area (Å²) in [5, 5.41) is 0. The Morgan fingerprint density at radius 1 is 1.33 bits per heavy atom. The van der Waals surface area contributed by atoms with Gasteiger partial charge in [-0.05, 0) is 44.5 Å². The highest BCUT2D eigenvalue weighted by Gasteiger charge is 2.36. The summed E-state index contributed by atoms with van der Waals surface area (Å²) in [6, 6.07) is 3.03. The van der Waals surface area contributed by atoms with E-state index < -0.39 is 23.0 Å². The fourth-order valence-corrected chi connectivity index (χ4v) is 1.82. The lowest BCUT2D eigenvalue weighted by molar-refractivity contribution is -0.149. The molecule has 0 heterocycles. The van der Waals surface area contributed by atoms with Crippen LogP contribution in [0.25, 0.3) is 0 Å². The molecule has 5 heteroatoms. The molecule has 2 N–H and O–H groups in total. The Balaban J connectivity index is 3.21. The zero-order chi connectivity index (χ0) is 13.8. The number of carbonyl (C=O) groups excluding carboxylic acids is 1. The molecule has 0 saturated heterocycles. The number of benzene rings is 1. The van der Waals surface area contributed by atoms with E-state index in [1.54, 1.807) is 13.8 Å². The van der Waals surface area contributed by atoms with E-state index in [0.717, 1.165) is 18.2 Å². The van der Waals surface area contributed by atoms with Crippen LogP contribution < -0.4 is 5.73 Å². The number of carbonyl (C=O) groups is 1. The highest BCUT2D eigenvalue weighted by Crippen LogP contribution is 2.30. The van der Waals surface area contributed by atoms with E-state index in [1.165, 1.54) is 0 Å². The molecule has 18 heavy (non-hydrogen) atoms. The standard InChI is InChI=1S/C13H17F2NO2/c1-3-18-12(17)13(2,4-5-16)9-6-10(14)8-11(15)7-9/h6-8H,3-5,16H2,1-2H3. The largest absolute Gasteiger partial charge is 0.465 e. The predicted molar refractivity (Wildman–Crippen MR) is 64.0 cm³/mol. The lowest BCUT2D eigenvalue weighted by Crippen LogP contribution is -2.36. The van der Waals surface area contributed by atoms with Crippen LogP contribution in [0.3, 0.4) is 0 Å². The second-order valence-corrected chi connectivity index (χ2v) is 4.25. The van der Waals surface area contributed by atoms with Gasteiger partial charge in [0.15, 0.2) is 0 Å². The molecule has 1 rings (SSSR count). The van der Waals surface area contributed by atoms with Gasteiger partial charge in [-0.25, -0.2) is 8.78 Å². The molecule has 0 radical (unpaired) electrons. The van der Waals surface area contributed by atoms with Gasteiger partial charge < -0.3 is 10.5 Å². The van der Waals surface area contributed by atoms with Crippen LogP contribution in [-0.2, 0) is 14.9 Å². The van der Waals surface area contributed by atoms with Gasteiger partial charge in [0.2, 0.25) is 0 Å². The average molecular weight is 257 g/mol. The van der Waals surface area contributed by atoms with Gasteiger partial charge >= 0.3 is 5.97 Å². The zero-order valence-corrected chi connectivity index (χ0v) is 10.5. The van der Waals surface area contributed by atoms with Gasteiger partial charge in [0.1, 0.15) is 11.6 Å². The van der Waals surface area contributed by atoms with Crippen molar-refractivity contribution >= 4 is 5.97 Å². The quantitative estimate of drug-likeness (QED) is 0.822. The molecule has 0 aliphatic carbocycles. The lowest BCUT2D eigenvalue weighted by Gasteiger charge is -2.27. The Kier molecular flexibility index (Phi) is 4.78. The first-order valence-corrected chi connectivity index (χ1v) is 5.78. The summed E-state index contributed by atoms with van der Waals surface area (Å²) in [4.78, 5) is 12.0. The second-order valence-electron chi connectivity index (χ2n) is 4.25. The van der Waals surface area contributed by atoms with Crippen LogP contribution in [0.15, 0.2) is 18.2 Å². The minimum Gasteiger partial charge on any atom is -0.465 e. The van der Waals surface area contributed by atoms with Crippen molar-refractivity contribution < 1.29 is 18.3 Å². The van der Waals surface area contributed by atoms with Crippen LogP contribution in [0.4, 0.5) is 8.78 Å². The number of hydrogen-bond acceptors (Lipinski definition) is 3. The minimum atomic E-state index is -1.13. The lowest BCUT2D eigenvalue weighted by atomic mass is 9.79. The van der Waals surface area contributed by atoms with Gasteiger partial charge in [-0.3, -0.25) is 4.79 Å². The molecule has 1 aromatic rings. The van der Waals surface area contributed by atoms with E-state index in [-0.39, 0.29) is 25.1 Å². The van der Waals surface area contributed by atoms with E-state index in [4.69, 9.17) is 10.5 Å². The summed E-state index contributed by atoms with van der Waals surface area (Å²) in [7, 11) is 0. The molecule has 0 spiro atoms. The van der Waals surface area contributed by atoms with Crippen LogP contribution in [0.5, 0.6) is 0 Å². The van der Waals surface area contributed by atoms with Gasteiger partial charge in [0.25, 0.3) is 0 Å². The number of nitrogens with two attached hydrogens (primary N) is 1. The minimum absolute atomic E-state index is 0.205. The molecule has 0 aromatic heterocycles. The second kappa shape index (κ2) is 5.91. The summed E-state index contributed by atoms with van der Waals surface area (Å²) >= 11 is 0. The highest BCUT2D eigenvalue weighted by molar-refractivity contribution is 5.82. The summed E-state index contributed by atoms with van der Waals surface area (Å²) in [6.07, 6.45) is 0.259. The van der Waals surface area contributed by atoms with Gasteiger partial charge in [-0.1, -0.05) is 0 Å². The molecule has 0 fully saturated rings. The summed E-state index contributed by atoms with van der Waals surface area (Å²) in [5.41, 5.74) is 4.58. The molecule has 1 unspecified atom stereocenters. The Labute approximate surface area is 105 Å². The SMILES string of the molecule is CCOC(=O)C(C)(CCN)c1cc(F)cc(F)c1. The fourth-order valence-electron chi connectivity index (χ4n) is 1.82. The van der Waals surface area contributed by atoms with Crippen LogP contribution in [0, 0.1) is 11.6 Å². The molecule has 0 aliphatic rings. The molecule has 0 saturated carbocycles. The van der Waals surface area contributed by atoms with Crippen molar-refractivity contribution in [1.82, 2.24) is 0 Å². The van der Waals surface area contributed by atoms with Crippen molar-refractivity contribution in [2.45, 2.75) is 25.7 Å². The molecule has 100 valence electrons. The predicted octanol–water partition coefficient (Wildman–Crippen LogP) is 2.13. The van der Waals surface area contributed by atoms with Crippen molar-refractivity contribution in [3.05, 3.63) is 35.4 Å². The van der Waals surface area contributed by atoms with Crippen LogP contribution in [-0.4, -0.2) is 19.1 Å². The number of ether oxygens (including phenoxy) is 1. The fraction of sp³-hybridized carbons (Fsp3) is 0.462. The van der Waals surface area contributed by atoms with Crippen LogP contribution in [0.2, 0.25) is 0 Å². The third-order valence-electron chi connectivity index (χ3n) is 2.87. The zero-order valence-electron chi connectivity index (χ0n) is 10.5.